The molecule has 0 fully saturated rings. The zero-order valence-corrected chi connectivity index (χ0v) is 15.1. The van der Waals surface area contributed by atoms with Crippen LogP contribution in [-0.4, -0.2) is 19.9 Å². The van der Waals surface area contributed by atoms with Crippen molar-refractivity contribution in [2.45, 2.75) is 23.8 Å². The van der Waals surface area contributed by atoms with Gasteiger partial charge in [0.05, 0.1) is 27.5 Å². The van der Waals surface area contributed by atoms with Gasteiger partial charge in [-0.2, -0.15) is 0 Å². The fourth-order valence-electron chi connectivity index (χ4n) is 2.87. The number of fused-ring (bicyclic) bond motifs is 1. The lowest BCUT2D eigenvalue weighted by atomic mass is 10.0. The minimum absolute atomic E-state index is 0.195. The number of nitrogens with one attached hydrogen (secondary N) is 1. The molecule has 0 radical (unpaired) electrons. The first-order chi connectivity index (χ1) is 12.3. The molecule has 1 unspecified atom stereocenters. The molecule has 0 aromatic heterocycles. The van der Waals surface area contributed by atoms with E-state index in [1.807, 2.05) is 6.07 Å². The smallest absolute Gasteiger partial charge is 0.293 e. The number of nitrogens with two attached hydrogens (primary N) is 1. The summed E-state index contributed by atoms with van der Waals surface area (Å²) in [5, 5.41) is 20.0. The molecular weight excluding hydrogens is 382 g/mol. The van der Waals surface area contributed by atoms with Crippen LogP contribution in [0.4, 0.5) is 11.4 Å². The topological polar surface area (TPSA) is 125 Å². The Morgan fingerprint density at radius 2 is 2.08 bits per heavy atom. The number of anilines is 1. The normalized spacial score (nSPS) is 16.9. The van der Waals surface area contributed by atoms with Crippen molar-refractivity contribution in [3.05, 3.63) is 57.1 Å². The second-order valence-corrected chi connectivity index (χ2v) is 7.80. The Kier molecular flexibility index (Phi) is 5.03. The predicted molar refractivity (Wildman–Crippen MR) is 97.0 cm³/mol. The molecule has 2 aromatic rings. The van der Waals surface area contributed by atoms with Gasteiger partial charge in [-0.15, -0.1) is 0 Å². The molecule has 0 saturated heterocycles. The van der Waals surface area contributed by atoms with Crippen molar-refractivity contribution < 1.29 is 18.1 Å². The van der Waals surface area contributed by atoms with E-state index >= 15 is 0 Å². The van der Waals surface area contributed by atoms with E-state index in [1.54, 1.807) is 12.1 Å². The number of nitro benzene ring substituents is 1. The quantitative estimate of drug-likeness (QED) is 0.602. The Balaban J connectivity index is 2.02. The Morgan fingerprint density at radius 1 is 1.31 bits per heavy atom. The maximum absolute atomic E-state index is 11.5. The van der Waals surface area contributed by atoms with Crippen molar-refractivity contribution >= 4 is 33.0 Å². The van der Waals surface area contributed by atoms with Crippen LogP contribution in [0.5, 0.6) is 5.75 Å². The average Bonchev–Trinajstić information content (AvgIpc) is 2.78. The molecule has 0 bridgehead atoms. The molecule has 3 rings (SSSR count). The molecule has 1 heterocycles. The molecule has 0 aliphatic carbocycles. The number of sulfonamides is 1. The number of hydrogen-bond acceptors (Lipinski definition) is 6. The molecule has 2 aromatic carbocycles. The maximum Gasteiger partial charge on any atom is 0.293 e. The van der Waals surface area contributed by atoms with Gasteiger partial charge in [-0.3, -0.25) is 10.1 Å². The van der Waals surface area contributed by atoms with Gasteiger partial charge < -0.3 is 10.1 Å². The highest BCUT2D eigenvalue weighted by atomic mass is 35.5. The van der Waals surface area contributed by atoms with E-state index < -0.39 is 14.9 Å². The van der Waals surface area contributed by atoms with E-state index in [2.05, 4.69) is 5.32 Å². The number of benzene rings is 2. The van der Waals surface area contributed by atoms with Gasteiger partial charge in [0.15, 0.2) is 0 Å². The van der Waals surface area contributed by atoms with Gasteiger partial charge in [0.1, 0.15) is 11.4 Å². The first kappa shape index (κ1) is 18.4. The summed E-state index contributed by atoms with van der Waals surface area (Å²) in [6.45, 7) is 0.487. The third-order valence-corrected chi connectivity index (χ3v) is 5.29. The molecular formula is C16H16ClN3O5S. The molecule has 3 N–H and O–H groups in total. The van der Waals surface area contributed by atoms with Crippen LogP contribution in [-0.2, 0) is 10.0 Å². The number of para-hydroxylation sites is 1. The molecule has 0 amide bonds. The number of rotatable bonds is 4. The van der Waals surface area contributed by atoms with Crippen LogP contribution in [0, 0.1) is 10.1 Å². The van der Waals surface area contributed by atoms with Crippen LogP contribution in [0.3, 0.4) is 0 Å². The van der Waals surface area contributed by atoms with Crippen molar-refractivity contribution in [1.82, 2.24) is 0 Å². The van der Waals surface area contributed by atoms with Gasteiger partial charge in [-0.05, 0) is 31.0 Å². The predicted octanol–water partition coefficient (Wildman–Crippen LogP) is 3.22. The lowest BCUT2D eigenvalue weighted by Crippen LogP contribution is -2.14. The highest BCUT2D eigenvalue weighted by molar-refractivity contribution is 7.89. The van der Waals surface area contributed by atoms with Gasteiger partial charge in [-0.1, -0.05) is 23.7 Å². The fraction of sp³-hybridized carbons (Fsp3) is 0.250. The zero-order valence-electron chi connectivity index (χ0n) is 13.5. The number of ether oxygens (including phenoxy) is 1. The van der Waals surface area contributed by atoms with E-state index in [-0.39, 0.29) is 22.3 Å². The summed E-state index contributed by atoms with van der Waals surface area (Å²) in [6, 6.07) is 8.59. The second kappa shape index (κ2) is 7.10. The summed E-state index contributed by atoms with van der Waals surface area (Å²) in [7, 11) is -4.04. The van der Waals surface area contributed by atoms with E-state index in [9.17, 15) is 18.5 Å². The minimum Gasteiger partial charge on any atom is -0.492 e. The number of nitro groups is 1. The second-order valence-electron chi connectivity index (χ2n) is 5.83. The molecule has 0 spiro atoms. The van der Waals surface area contributed by atoms with Gasteiger partial charge in [-0.25, -0.2) is 13.6 Å². The number of primary sulfonamides is 1. The van der Waals surface area contributed by atoms with Crippen molar-refractivity contribution in [3.8, 4) is 5.75 Å². The molecule has 1 atom stereocenters. The van der Waals surface area contributed by atoms with Crippen LogP contribution in [0.2, 0.25) is 5.02 Å². The van der Waals surface area contributed by atoms with Crippen LogP contribution in [0.15, 0.2) is 41.3 Å². The van der Waals surface area contributed by atoms with Gasteiger partial charge >= 0.3 is 0 Å². The molecule has 1 aliphatic rings. The Labute approximate surface area is 155 Å². The summed E-state index contributed by atoms with van der Waals surface area (Å²) >= 11 is 6.19. The van der Waals surface area contributed by atoms with E-state index in [1.165, 1.54) is 12.1 Å². The monoisotopic (exact) mass is 397 g/mol. The van der Waals surface area contributed by atoms with Crippen molar-refractivity contribution in [1.29, 1.82) is 0 Å². The van der Waals surface area contributed by atoms with Crippen molar-refractivity contribution in [3.63, 3.8) is 0 Å². The van der Waals surface area contributed by atoms with Crippen molar-refractivity contribution in [2.24, 2.45) is 5.14 Å². The van der Waals surface area contributed by atoms with Gasteiger partial charge in [0, 0.05) is 11.6 Å². The standard InChI is InChI=1S/C16H16ClN3O5S/c17-12-4-1-3-11-13(5-2-8-25-16(11)12)19-14-7-6-10(26(18,23)24)9-15(14)20(21)22/h1,3-4,6-7,9,13,19H,2,5,8H2,(H2,18,23,24). The van der Waals surface area contributed by atoms with Crippen molar-refractivity contribution in [2.75, 3.05) is 11.9 Å². The maximum atomic E-state index is 11.5. The first-order valence-corrected chi connectivity index (χ1v) is 9.69. The third kappa shape index (κ3) is 3.74. The van der Waals surface area contributed by atoms with Gasteiger partial charge in [0.25, 0.3) is 5.69 Å². The van der Waals surface area contributed by atoms with E-state index in [4.69, 9.17) is 21.5 Å². The lowest BCUT2D eigenvalue weighted by molar-refractivity contribution is -0.384. The summed E-state index contributed by atoms with van der Waals surface area (Å²) in [4.78, 5) is 10.4. The summed E-state index contributed by atoms with van der Waals surface area (Å²) in [6.07, 6.45) is 1.40. The Hall–Kier alpha value is -2.36. The highest BCUT2D eigenvalue weighted by Gasteiger charge is 2.25. The summed E-state index contributed by atoms with van der Waals surface area (Å²) in [5.41, 5.74) is 0.616. The summed E-state index contributed by atoms with van der Waals surface area (Å²) in [5.74, 6) is 0.549. The van der Waals surface area contributed by atoms with Gasteiger partial charge in [0.2, 0.25) is 10.0 Å². The first-order valence-electron chi connectivity index (χ1n) is 7.76. The lowest BCUT2D eigenvalue weighted by Gasteiger charge is -2.20. The highest BCUT2D eigenvalue weighted by Crippen LogP contribution is 2.40. The fourth-order valence-corrected chi connectivity index (χ4v) is 3.64. The summed E-state index contributed by atoms with van der Waals surface area (Å²) < 4.78 is 28.6. The SMILES string of the molecule is NS(=O)(=O)c1ccc(NC2CCCOc3c(Cl)cccc32)c([N+](=O)[O-])c1. The van der Waals surface area contributed by atoms with E-state index in [0.717, 1.165) is 18.1 Å². The number of hydrogen-bond donors (Lipinski definition) is 2. The van der Waals surface area contributed by atoms with E-state index in [0.29, 0.717) is 23.8 Å². The largest absolute Gasteiger partial charge is 0.492 e. The Bertz CT molecular complexity index is 964. The minimum atomic E-state index is -4.04. The van der Waals surface area contributed by atoms with Crippen LogP contribution in [0.25, 0.3) is 0 Å². The molecule has 8 nitrogen and oxygen atoms in total. The molecule has 0 saturated carbocycles. The van der Waals surface area contributed by atoms with Crippen LogP contribution >= 0.6 is 11.6 Å². The van der Waals surface area contributed by atoms with Crippen LogP contribution < -0.4 is 15.2 Å². The number of halogens is 1. The molecule has 138 valence electrons. The molecule has 1 aliphatic heterocycles. The zero-order chi connectivity index (χ0) is 18.9. The van der Waals surface area contributed by atoms with Crippen LogP contribution in [0.1, 0.15) is 24.4 Å². The number of nitrogens with zero attached hydrogens (tertiary/aromatic N) is 1. The average molecular weight is 398 g/mol. The molecule has 26 heavy (non-hydrogen) atoms. The third-order valence-electron chi connectivity index (χ3n) is 4.08. The Morgan fingerprint density at radius 3 is 2.77 bits per heavy atom. The molecule has 10 heteroatoms.